The summed E-state index contributed by atoms with van der Waals surface area (Å²) in [7, 11) is 1.31. The lowest BCUT2D eigenvalue weighted by Crippen LogP contribution is -2.17. The summed E-state index contributed by atoms with van der Waals surface area (Å²) in [6.45, 7) is 1.50. The number of benzene rings is 1. The van der Waals surface area contributed by atoms with Crippen molar-refractivity contribution in [2.75, 3.05) is 13.7 Å². The third-order valence-electron chi connectivity index (χ3n) is 3.87. The van der Waals surface area contributed by atoms with Crippen LogP contribution in [-0.4, -0.2) is 36.0 Å². The van der Waals surface area contributed by atoms with Gasteiger partial charge in [-0.05, 0) is 25.1 Å². The van der Waals surface area contributed by atoms with Gasteiger partial charge in [-0.1, -0.05) is 18.2 Å². The molecule has 0 amide bonds. The number of carbonyl (C=O) groups is 3. The second kappa shape index (κ2) is 7.53. The molecule has 2 heterocycles. The molecule has 134 valence electrons. The maximum Gasteiger partial charge on any atom is 0.340 e. The molecule has 0 unspecified atom stereocenters. The molecule has 0 fully saturated rings. The van der Waals surface area contributed by atoms with Crippen molar-refractivity contribution in [3.8, 4) is 0 Å². The van der Waals surface area contributed by atoms with Gasteiger partial charge in [0.05, 0.1) is 17.6 Å². The van der Waals surface area contributed by atoms with E-state index in [-0.39, 0.29) is 18.9 Å². The number of methoxy groups -OCH3 is 1. The number of aromatic nitrogens is 1. The Morgan fingerprint density at radius 2 is 1.88 bits per heavy atom. The first-order valence-corrected chi connectivity index (χ1v) is 8.72. The lowest BCUT2D eigenvalue weighted by Gasteiger charge is -2.06. The van der Waals surface area contributed by atoms with E-state index in [4.69, 9.17) is 9.47 Å². The Kier molecular flexibility index (Phi) is 5.18. The average molecular weight is 371 g/mol. The number of hydrogen-bond donors (Lipinski definition) is 0. The minimum Gasteiger partial charge on any atom is -0.465 e. The third-order valence-corrected chi connectivity index (χ3v) is 4.91. The standard InChI is InChI=1S/C19H17NO5S/c1-12-7-8-17(26-12)16(21)11-25-18(22)10-20-9-14(19(23)24-2)13-5-3-4-6-15(13)20/h3-9H,10-11H2,1-2H3. The maximum absolute atomic E-state index is 12.1. The minimum atomic E-state index is -0.552. The Hall–Kier alpha value is -2.93. The lowest BCUT2D eigenvalue weighted by atomic mass is 10.2. The number of nitrogens with zero attached hydrogens (tertiary/aromatic N) is 1. The zero-order valence-electron chi connectivity index (χ0n) is 14.4. The largest absolute Gasteiger partial charge is 0.465 e. The smallest absolute Gasteiger partial charge is 0.340 e. The molecular weight excluding hydrogens is 354 g/mol. The molecule has 1 aromatic carbocycles. The number of carbonyl (C=O) groups excluding carboxylic acids is 3. The molecule has 0 atom stereocenters. The number of rotatable bonds is 6. The molecule has 3 rings (SSSR count). The van der Waals surface area contributed by atoms with Crippen LogP contribution in [0.5, 0.6) is 0 Å². The van der Waals surface area contributed by atoms with Crippen LogP contribution in [0.1, 0.15) is 24.9 Å². The van der Waals surface area contributed by atoms with Gasteiger partial charge in [0.1, 0.15) is 6.54 Å². The molecule has 0 bridgehead atoms. The van der Waals surface area contributed by atoms with E-state index in [2.05, 4.69) is 0 Å². The summed E-state index contributed by atoms with van der Waals surface area (Å²) in [5.41, 5.74) is 1.09. The van der Waals surface area contributed by atoms with Crippen LogP contribution in [0.2, 0.25) is 0 Å². The quantitative estimate of drug-likeness (QED) is 0.491. The SMILES string of the molecule is COC(=O)c1cn(CC(=O)OCC(=O)c2ccc(C)s2)c2ccccc12. The molecule has 0 aliphatic heterocycles. The van der Waals surface area contributed by atoms with Crippen molar-refractivity contribution in [2.24, 2.45) is 0 Å². The van der Waals surface area contributed by atoms with E-state index < -0.39 is 11.9 Å². The average Bonchev–Trinajstić information content (AvgIpc) is 3.23. The van der Waals surface area contributed by atoms with Gasteiger partial charge in [-0.25, -0.2) is 4.79 Å². The van der Waals surface area contributed by atoms with E-state index in [1.807, 2.05) is 19.1 Å². The zero-order valence-corrected chi connectivity index (χ0v) is 15.2. The summed E-state index contributed by atoms with van der Waals surface area (Å²) in [4.78, 5) is 37.7. The molecule has 6 nitrogen and oxygen atoms in total. The van der Waals surface area contributed by atoms with E-state index in [9.17, 15) is 14.4 Å². The highest BCUT2D eigenvalue weighted by atomic mass is 32.1. The second-order valence-electron chi connectivity index (χ2n) is 5.67. The van der Waals surface area contributed by atoms with E-state index in [0.717, 1.165) is 4.88 Å². The van der Waals surface area contributed by atoms with Gasteiger partial charge in [0.25, 0.3) is 0 Å². The van der Waals surface area contributed by atoms with Crippen LogP contribution in [0.3, 0.4) is 0 Å². The Labute approximate surface area is 153 Å². The number of Topliss-reactive ketones (excluding diaryl/α,β-unsaturated/α-hetero) is 1. The van der Waals surface area contributed by atoms with Crippen LogP contribution in [0.25, 0.3) is 10.9 Å². The summed E-state index contributed by atoms with van der Waals surface area (Å²) in [6.07, 6.45) is 1.56. The molecule has 0 saturated carbocycles. The van der Waals surface area contributed by atoms with Crippen molar-refractivity contribution in [3.63, 3.8) is 0 Å². The number of aryl methyl sites for hydroxylation is 1. The van der Waals surface area contributed by atoms with E-state index >= 15 is 0 Å². The Bertz CT molecular complexity index is 985. The molecule has 2 aromatic heterocycles. The van der Waals surface area contributed by atoms with Gasteiger partial charge in [-0.2, -0.15) is 0 Å². The van der Waals surface area contributed by atoms with Gasteiger partial charge in [0, 0.05) is 22.0 Å². The number of ketones is 1. The van der Waals surface area contributed by atoms with Gasteiger partial charge in [-0.3, -0.25) is 9.59 Å². The number of hydrogen-bond acceptors (Lipinski definition) is 6. The number of ether oxygens (including phenoxy) is 2. The third kappa shape index (κ3) is 3.67. The molecule has 7 heteroatoms. The van der Waals surface area contributed by atoms with Crippen molar-refractivity contribution in [1.29, 1.82) is 0 Å². The molecule has 0 spiro atoms. The summed E-state index contributed by atoms with van der Waals surface area (Å²) >= 11 is 1.36. The molecular formula is C19H17NO5S. The van der Waals surface area contributed by atoms with E-state index in [1.165, 1.54) is 18.4 Å². The van der Waals surface area contributed by atoms with E-state index in [0.29, 0.717) is 21.3 Å². The van der Waals surface area contributed by atoms with Gasteiger partial charge in [0.15, 0.2) is 6.61 Å². The fourth-order valence-corrected chi connectivity index (χ4v) is 3.43. The molecule has 26 heavy (non-hydrogen) atoms. The zero-order chi connectivity index (χ0) is 18.7. The van der Waals surface area contributed by atoms with Crippen LogP contribution >= 0.6 is 11.3 Å². The normalized spacial score (nSPS) is 10.7. The van der Waals surface area contributed by atoms with Crippen molar-refractivity contribution in [3.05, 3.63) is 57.9 Å². The van der Waals surface area contributed by atoms with Crippen LogP contribution in [0.15, 0.2) is 42.6 Å². The van der Waals surface area contributed by atoms with Crippen molar-refractivity contribution in [1.82, 2.24) is 4.57 Å². The van der Waals surface area contributed by atoms with Crippen molar-refractivity contribution < 1.29 is 23.9 Å². The molecule has 0 saturated heterocycles. The molecule has 0 N–H and O–H groups in total. The van der Waals surface area contributed by atoms with Gasteiger partial charge in [0.2, 0.25) is 5.78 Å². The fraction of sp³-hybridized carbons (Fsp3) is 0.211. The van der Waals surface area contributed by atoms with Crippen LogP contribution < -0.4 is 0 Å². The first-order chi connectivity index (χ1) is 12.5. The van der Waals surface area contributed by atoms with Gasteiger partial charge >= 0.3 is 11.9 Å². The monoisotopic (exact) mass is 371 g/mol. The highest BCUT2D eigenvalue weighted by molar-refractivity contribution is 7.14. The molecule has 0 aliphatic rings. The van der Waals surface area contributed by atoms with E-state index in [1.54, 1.807) is 35.0 Å². The lowest BCUT2D eigenvalue weighted by molar-refractivity contribution is -0.143. The number of thiophene rings is 1. The predicted molar refractivity (Wildman–Crippen MR) is 97.6 cm³/mol. The molecule has 0 radical (unpaired) electrons. The summed E-state index contributed by atoms with van der Waals surface area (Å²) in [6, 6.07) is 10.8. The van der Waals surface area contributed by atoms with Crippen molar-refractivity contribution in [2.45, 2.75) is 13.5 Å². The first kappa shape index (κ1) is 17.9. The van der Waals surface area contributed by atoms with Crippen LogP contribution in [0, 0.1) is 6.92 Å². The highest BCUT2D eigenvalue weighted by Crippen LogP contribution is 2.22. The predicted octanol–water partition coefficient (Wildman–Crippen LogP) is 3.22. The number of para-hydroxylation sites is 1. The molecule has 3 aromatic rings. The first-order valence-electron chi connectivity index (χ1n) is 7.91. The maximum atomic E-state index is 12.1. The number of fused-ring (bicyclic) bond motifs is 1. The highest BCUT2D eigenvalue weighted by Gasteiger charge is 2.18. The van der Waals surface area contributed by atoms with Gasteiger partial charge < -0.3 is 14.0 Å². The topological polar surface area (TPSA) is 74.6 Å². The summed E-state index contributed by atoms with van der Waals surface area (Å²) < 4.78 is 11.5. The molecule has 0 aliphatic carbocycles. The Balaban J connectivity index is 1.71. The van der Waals surface area contributed by atoms with Gasteiger partial charge in [-0.15, -0.1) is 11.3 Å². The summed E-state index contributed by atoms with van der Waals surface area (Å²) in [5, 5.41) is 0.692. The van der Waals surface area contributed by atoms with Crippen molar-refractivity contribution >= 4 is 40.0 Å². The second-order valence-corrected chi connectivity index (χ2v) is 6.96. The minimum absolute atomic E-state index is 0.103. The Morgan fingerprint density at radius 3 is 2.58 bits per heavy atom. The Morgan fingerprint density at radius 1 is 1.12 bits per heavy atom. The fourth-order valence-electron chi connectivity index (χ4n) is 2.64. The van der Waals surface area contributed by atoms with Crippen LogP contribution in [-0.2, 0) is 20.8 Å². The summed E-state index contributed by atoms with van der Waals surface area (Å²) in [5.74, 6) is -1.26. The number of esters is 2. The van der Waals surface area contributed by atoms with Crippen LogP contribution in [0.4, 0.5) is 0 Å².